The van der Waals surface area contributed by atoms with Crippen LogP contribution in [0.3, 0.4) is 0 Å². The second-order valence-corrected chi connectivity index (χ2v) is 32.0. The topological polar surface area (TPSA) is 237 Å². The molecule has 0 fully saturated rings. The van der Waals surface area contributed by atoms with Crippen LogP contribution in [0.4, 0.5) is 0 Å². The van der Waals surface area contributed by atoms with Crippen LogP contribution in [0, 0.1) is 11.8 Å². The van der Waals surface area contributed by atoms with Crippen LogP contribution < -0.4 is 0 Å². The number of carbonyl (C=O) groups is 4. The Balaban J connectivity index is 5.20. The van der Waals surface area contributed by atoms with Gasteiger partial charge in [0.15, 0.2) is 12.2 Å². The summed E-state index contributed by atoms with van der Waals surface area (Å²) in [5.41, 5.74) is 0. The van der Waals surface area contributed by atoms with E-state index in [2.05, 4.69) is 41.5 Å². The number of ether oxygens (including phenoxy) is 4. The van der Waals surface area contributed by atoms with Crippen LogP contribution in [0.5, 0.6) is 0 Å². The van der Waals surface area contributed by atoms with Gasteiger partial charge in [0, 0.05) is 25.7 Å². The average Bonchev–Trinajstić information content (AvgIpc) is 2.09. The second kappa shape index (κ2) is 69.8. The maximum absolute atomic E-state index is 13.1. The number of carbonyl (C=O) groups excluding carboxylic acids is 4. The third kappa shape index (κ3) is 72.2. The van der Waals surface area contributed by atoms with E-state index in [0.29, 0.717) is 25.7 Å². The summed E-state index contributed by atoms with van der Waals surface area (Å²) in [4.78, 5) is 72.8. The fourth-order valence-corrected chi connectivity index (χ4v) is 13.6. The van der Waals surface area contributed by atoms with E-state index in [1.54, 1.807) is 0 Å². The van der Waals surface area contributed by atoms with Crippen molar-refractivity contribution in [2.24, 2.45) is 11.8 Å². The molecule has 0 amide bonds. The summed E-state index contributed by atoms with van der Waals surface area (Å²) in [6.07, 6.45) is 58.4. The number of phosphoric acid groups is 2. The van der Waals surface area contributed by atoms with Crippen molar-refractivity contribution >= 4 is 39.5 Å². The molecular formula is C78H152O17P2. The minimum atomic E-state index is -4.96. The molecule has 0 aromatic heterocycles. The molecule has 0 aliphatic rings. The summed E-state index contributed by atoms with van der Waals surface area (Å²) in [7, 11) is -9.91. The highest BCUT2D eigenvalue weighted by Gasteiger charge is 2.30. The zero-order chi connectivity index (χ0) is 71.4. The van der Waals surface area contributed by atoms with E-state index in [1.165, 1.54) is 218 Å². The number of aliphatic hydroxyl groups is 1. The van der Waals surface area contributed by atoms with Crippen LogP contribution in [-0.2, 0) is 65.4 Å². The number of esters is 4. The molecule has 0 bridgehead atoms. The molecule has 0 spiro atoms. The summed E-state index contributed by atoms with van der Waals surface area (Å²) in [5, 5.41) is 10.6. The van der Waals surface area contributed by atoms with E-state index in [1.807, 2.05) is 0 Å². The van der Waals surface area contributed by atoms with Gasteiger partial charge in [-0.1, -0.05) is 356 Å². The fraction of sp³-hybridized carbons (Fsp3) is 0.949. The Hall–Kier alpha value is -1.94. The Labute approximate surface area is 594 Å². The van der Waals surface area contributed by atoms with E-state index < -0.39 is 97.5 Å². The van der Waals surface area contributed by atoms with Crippen LogP contribution in [-0.4, -0.2) is 96.7 Å². The zero-order valence-corrected chi connectivity index (χ0v) is 65.2. The van der Waals surface area contributed by atoms with Gasteiger partial charge < -0.3 is 33.8 Å². The van der Waals surface area contributed by atoms with Crippen molar-refractivity contribution in [3.05, 3.63) is 0 Å². The largest absolute Gasteiger partial charge is 0.472 e. The smallest absolute Gasteiger partial charge is 0.462 e. The van der Waals surface area contributed by atoms with Gasteiger partial charge in [-0.3, -0.25) is 37.3 Å². The van der Waals surface area contributed by atoms with Crippen molar-refractivity contribution in [1.82, 2.24) is 0 Å². The summed E-state index contributed by atoms with van der Waals surface area (Å²) < 4.78 is 68.5. The first-order valence-corrected chi connectivity index (χ1v) is 43.5. The molecule has 0 saturated carbocycles. The number of hydrogen-bond acceptors (Lipinski definition) is 15. The fourth-order valence-electron chi connectivity index (χ4n) is 12.0. The van der Waals surface area contributed by atoms with Crippen LogP contribution in [0.15, 0.2) is 0 Å². The second-order valence-electron chi connectivity index (χ2n) is 29.1. The lowest BCUT2D eigenvalue weighted by Gasteiger charge is -2.21. The van der Waals surface area contributed by atoms with Gasteiger partial charge in [0.2, 0.25) is 0 Å². The van der Waals surface area contributed by atoms with Gasteiger partial charge in [-0.2, -0.15) is 0 Å². The van der Waals surface area contributed by atoms with Crippen molar-refractivity contribution in [3.63, 3.8) is 0 Å². The van der Waals surface area contributed by atoms with E-state index >= 15 is 0 Å². The van der Waals surface area contributed by atoms with Crippen LogP contribution in [0.1, 0.15) is 408 Å². The minimum Gasteiger partial charge on any atom is -0.462 e. The van der Waals surface area contributed by atoms with E-state index in [9.17, 15) is 43.2 Å². The lowest BCUT2D eigenvalue weighted by Crippen LogP contribution is -2.30. The molecule has 17 nitrogen and oxygen atoms in total. The van der Waals surface area contributed by atoms with Gasteiger partial charge >= 0.3 is 39.5 Å². The van der Waals surface area contributed by atoms with E-state index in [4.69, 9.17) is 37.0 Å². The Kier molecular flexibility index (Phi) is 68.4. The zero-order valence-electron chi connectivity index (χ0n) is 63.4. The summed E-state index contributed by atoms with van der Waals surface area (Å²) in [6, 6.07) is 0. The molecule has 0 aromatic carbocycles. The van der Waals surface area contributed by atoms with Crippen molar-refractivity contribution in [1.29, 1.82) is 0 Å². The average molecular weight is 1420 g/mol. The summed E-state index contributed by atoms with van der Waals surface area (Å²) in [6.45, 7) is 9.59. The molecule has 2 unspecified atom stereocenters. The SMILES string of the molecule is CCCCCCCCCCCCCCCCCCCCC(=O)OC[C@H](COP(=O)(O)OC[C@@H](O)COP(=O)(O)OC[C@@H](COC(=O)CCCCCCCCCC)OC(=O)CCCCCCCCCCCC(C)C)OC(=O)CCCCCCCCCCCCCCCCCCC(C)C. The Morgan fingerprint density at radius 1 is 0.278 bits per heavy atom. The van der Waals surface area contributed by atoms with Crippen molar-refractivity contribution in [3.8, 4) is 0 Å². The van der Waals surface area contributed by atoms with Gasteiger partial charge in [-0.05, 0) is 37.5 Å². The van der Waals surface area contributed by atoms with Gasteiger partial charge in [0.25, 0.3) is 0 Å². The number of aliphatic hydroxyl groups excluding tert-OH is 1. The number of phosphoric ester groups is 2. The summed E-state index contributed by atoms with van der Waals surface area (Å²) in [5.74, 6) is -0.570. The van der Waals surface area contributed by atoms with Gasteiger partial charge in [-0.15, -0.1) is 0 Å². The Morgan fingerprint density at radius 2 is 0.474 bits per heavy atom. The Morgan fingerprint density at radius 3 is 0.701 bits per heavy atom. The molecular weight excluding hydrogens is 1270 g/mol. The standard InChI is InChI=1S/C78H152O17P2/c1-7-9-11-13-15-17-18-19-20-21-22-26-29-32-37-43-49-55-61-76(81)89-67-74(94-77(82)62-56-50-44-38-33-30-27-24-23-25-28-31-35-40-46-52-58-70(3)4)69-93-97(86,87)91-65-72(79)64-90-96(84,85)92-68-73(66-88-75(80)60-54-48-42-16-14-12-10-8-2)95-78(83)63-57-51-45-39-34-36-41-47-53-59-71(5)6/h70-74,79H,7-69H2,1-6H3,(H,84,85)(H,86,87)/t72-,73+,74+/m0/s1. The monoisotopic (exact) mass is 1420 g/mol. The number of rotatable bonds is 77. The first-order chi connectivity index (χ1) is 46.9. The first kappa shape index (κ1) is 95.1. The van der Waals surface area contributed by atoms with Gasteiger partial charge in [0.1, 0.15) is 19.3 Å². The maximum atomic E-state index is 13.1. The predicted octanol–water partition coefficient (Wildman–Crippen LogP) is 23.1. The van der Waals surface area contributed by atoms with Crippen LogP contribution in [0.25, 0.3) is 0 Å². The van der Waals surface area contributed by atoms with Crippen molar-refractivity contribution in [2.45, 2.75) is 426 Å². The van der Waals surface area contributed by atoms with Crippen LogP contribution in [0.2, 0.25) is 0 Å². The highest BCUT2D eigenvalue weighted by Crippen LogP contribution is 2.45. The third-order valence-electron chi connectivity index (χ3n) is 18.2. The van der Waals surface area contributed by atoms with E-state index in [0.717, 1.165) is 108 Å². The highest BCUT2D eigenvalue weighted by atomic mass is 31.2. The molecule has 0 aliphatic carbocycles. The molecule has 0 heterocycles. The van der Waals surface area contributed by atoms with Gasteiger partial charge in [-0.25, -0.2) is 9.13 Å². The lowest BCUT2D eigenvalue weighted by molar-refractivity contribution is -0.161. The Bertz CT molecular complexity index is 1870. The highest BCUT2D eigenvalue weighted by molar-refractivity contribution is 7.47. The minimum absolute atomic E-state index is 0.105. The van der Waals surface area contributed by atoms with Crippen LogP contribution >= 0.6 is 15.6 Å². The predicted molar refractivity (Wildman–Crippen MR) is 395 cm³/mol. The third-order valence-corrected chi connectivity index (χ3v) is 20.1. The summed E-state index contributed by atoms with van der Waals surface area (Å²) >= 11 is 0. The van der Waals surface area contributed by atoms with Crippen molar-refractivity contribution in [2.75, 3.05) is 39.6 Å². The molecule has 5 atom stereocenters. The number of unbranched alkanes of at least 4 members (excludes halogenated alkanes) is 47. The first-order valence-electron chi connectivity index (χ1n) is 40.5. The molecule has 0 radical (unpaired) electrons. The van der Waals surface area contributed by atoms with E-state index in [-0.39, 0.29) is 25.7 Å². The molecule has 576 valence electrons. The molecule has 0 rings (SSSR count). The molecule has 0 aliphatic heterocycles. The lowest BCUT2D eigenvalue weighted by atomic mass is 10.0. The molecule has 97 heavy (non-hydrogen) atoms. The maximum Gasteiger partial charge on any atom is 0.472 e. The molecule has 0 saturated heterocycles. The van der Waals surface area contributed by atoms with Crippen molar-refractivity contribution < 1.29 is 80.2 Å². The quantitative estimate of drug-likeness (QED) is 0.0222. The van der Waals surface area contributed by atoms with Gasteiger partial charge in [0.05, 0.1) is 26.4 Å². The molecule has 19 heteroatoms. The molecule has 3 N–H and O–H groups in total. The normalized spacial score (nSPS) is 14.0. The molecule has 0 aromatic rings. The number of hydrogen-bond donors (Lipinski definition) is 3.